The van der Waals surface area contributed by atoms with E-state index in [9.17, 15) is 0 Å². The van der Waals surface area contributed by atoms with Gasteiger partial charge in [-0.2, -0.15) is 0 Å². The second-order valence-electron chi connectivity index (χ2n) is 17.1. The van der Waals surface area contributed by atoms with Crippen LogP contribution in [0.2, 0.25) is 0 Å². The second-order valence-corrected chi connectivity index (χ2v) is 17.1. The molecule has 0 fully saturated rings. The summed E-state index contributed by atoms with van der Waals surface area (Å²) in [7, 11) is 0. The summed E-state index contributed by atoms with van der Waals surface area (Å²) in [6.45, 7) is 0. The summed E-state index contributed by atoms with van der Waals surface area (Å²) in [5.41, 5.74) is 17.1. The monoisotopic (exact) mass is 836 g/mol. The summed E-state index contributed by atoms with van der Waals surface area (Å²) in [5, 5.41) is 10.0. The fraction of sp³-hybridized carbons (Fsp3) is 0. The minimum atomic E-state index is 1.15. The van der Waals surface area contributed by atoms with Gasteiger partial charge in [0.05, 0.1) is 0 Å². The molecule has 0 spiro atoms. The summed E-state index contributed by atoms with van der Waals surface area (Å²) < 4.78 is 0. The van der Waals surface area contributed by atoms with E-state index >= 15 is 0 Å². The highest BCUT2D eigenvalue weighted by molar-refractivity contribution is 6.23. The summed E-state index contributed by atoms with van der Waals surface area (Å²) in [6, 6.07) is 93.0. The lowest BCUT2D eigenvalue weighted by molar-refractivity contribution is 1.58. The molecular formula is C66H44. The standard InChI is InChI=1S/C66H44/c1-4-23-47(24-5-1)63-57-35-16-18-37-59(57)66(60-38-19-17-36-58(60)63)54-32-13-12-31-53(54)52-30-11-10-22-46(52)40-39-45-21-20-29-50(43-45)51-41-42-61-62(44-51)65(49-27-8-3-9-28-49)56-34-15-14-33-55(56)64(61)48-25-6-2-7-26-48/h1-44H. The molecule has 0 heterocycles. The van der Waals surface area contributed by atoms with E-state index in [4.69, 9.17) is 0 Å². The third-order valence-corrected chi connectivity index (χ3v) is 13.3. The van der Waals surface area contributed by atoms with Crippen LogP contribution in [0.3, 0.4) is 0 Å². The van der Waals surface area contributed by atoms with Gasteiger partial charge in [-0.15, -0.1) is 0 Å². The fourth-order valence-electron chi connectivity index (χ4n) is 10.4. The molecule has 308 valence electrons. The van der Waals surface area contributed by atoms with E-state index in [0.717, 1.165) is 5.56 Å². The lowest BCUT2D eigenvalue weighted by Gasteiger charge is -2.20. The molecule has 0 aliphatic heterocycles. The predicted octanol–water partition coefficient (Wildman–Crippen LogP) is 18.5. The minimum absolute atomic E-state index is 1.15. The average molecular weight is 837 g/mol. The van der Waals surface area contributed by atoms with E-state index in [0.29, 0.717) is 0 Å². The SMILES string of the molecule is C(=Cc1ccccc1-c1ccccc1-c1c2ccccc2c(-c2ccccc2)c2ccccc12)c1cccc(-c2ccc3c(-c4ccccc4)c4ccccc4c(-c4ccccc4)c3c2)c1. The molecule has 0 heteroatoms. The third kappa shape index (κ3) is 6.88. The Morgan fingerprint density at radius 3 is 1.11 bits per heavy atom. The maximum atomic E-state index is 2.41. The first-order valence-corrected chi connectivity index (χ1v) is 22.8. The van der Waals surface area contributed by atoms with Crippen molar-refractivity contribution >= 4 is 55.2 Å². The summed E-state index contributed by atoms with van der Waals surface area (Å²) >= 11 is 0. The summed E-state index contributed by atoms with van der Waals surface area (Å²) in [5.74, 6) is 0. The molecule has 0 unspecified atom stereocenters. The van der Waals surface area contributed by atoms with E-state index in [-0.39, 0.29) is 0 Å². The van der Waals surface area contributed by atoms with Crippen LogP contribution in [-0.4, -0.2) is 0 Å². The van der Waals surface area contributed by atoms with E-state index in [1.165, 1.54) is 115 Å². The van der Waals surface area contributed by atoms with Crippen molar-refractivity contribution in [2.75, 3.05) is 0 Å². The Labute approximate surface area is 386 Å². The van der Waals surface area contributed by atoms with Crippen LogP contribution >= 0.6 is 0 Å². The van der Waals surface area contributed by atoms with Gasteiger partial charge < -0.3 is 0 Å². The molecule has 0 saturated carbocycles. The number of rotatable bonds is 8. The Morgan fingerprint density at radius 1 is 0.197 bits per heavy atom. The van der Waals surface area contributed by atoms with Crippen LogP contribution in [0, 0.1) is 0 Å². The van der Waals surface area contributed by atoms with Crippen LogP contribution < -0.4 is 0 Å². The normalized spacial score (nSPS) is 11.6. The van der Waals surface area contributed by atoms with Gasteiger partial charge in [0.2, 0.25) is 0 Å². The Balaban J connectivity index is 0.966. The Kier molecular flexibility index (Phi) is 9.97. The van der Waals surface area contributed by atoms with Gasteiger partial charge in [0, 0.05) is 0 Å². The van der Waals surface area contributed by atoms with Gasteiger partial charge in [-0.05, 0) is 133 Å². The molecule has 12 aromatic rings. The van der Waals surface area contributed by atoms with Crippen LogP contribution in [0.1, 0.15) is 11.1 Å². The average Bonchev–Trinajstić information content (AvgIpc) is 3.39. The first kappa shape index (κ1) is 39.0. The highest BCUT2D eigenvalue weighted by Gasteiger charge is 2.20. The van der Waals surface area contributed by atoms with Crippen LogP contribution in [0.25, 0.3) is 122 Å². The molecule has 0 saturated heterocycles. The van der Waals surface area contributed by atoms with Crippen LogP contribution in [0.4, 0.5) is 0 Å². The second kappa shape index (κ2) is 16.8. The molecule has 0 aromatic heterocycles. The van der Waals surface area contributed by atoms with E-state index in [1.807, 2.05) is 0 Å². The summed E-state index contributed by atoms with van der Waals surface area (Å²) in [4.78, 5) is 0. The van der Waals surface area contributed by atoms with Gasteiger partial charge in [0.15, 0.2) is 0 Å². The van der Waals surface area contributed by atoms with Crippen molar-refractivity contribution in [1.82, 2.24) is 0 Å². The van der Waals surface area contributed by atoms with Crippen molar-refractivity contribution in [2.45, 2.75) is 0 Å². The molecule has 0 bridgehead atoms. The zero-order chi connectivity index (χ0) is 43.8. The number of hydrogen-bond donors (Lipinski definition) is 0. The molecule has 0 atom stereocenters. The minimum Gasteiger partial charge on any atom is -0.0622 e. The number of benzene rings is 12. The van der Waals surface area contributed by atoms with Gasteiger partial charge in [-0.3, -0.25) is 0 Å². The molecular weight excluding hydrogens is 793 g/mol. The molecule has 12 rings (SSSR count). The largest absolute Gasteiger partial charge is 0.0622 e. The first-order valence-electron chi connectivity index (χ1n) is 22.8. The topological polar surface area (TPSA) is 0 Å². The highest BCUT2D eigenvalue weighted by atomic mass is 14.2. The molecule has 0 aliphatic rings. The maximum Gasteiger partial charge on any atom is -0.00201 e. The fourth-order valence-corrected chi connectivity index (χ4v) is 10.4. The van der Waals surface area contributed by atoms with Crippen molar-refractivity contribution in [3.8, 4) is 66.8 Å². The van der Waals surface area contributed by atoms with Gasteiger partial charge in [0.1, 0.15) is 0 Å². The smallest absolute Gasteiger partial charge is 0.00201 e. The lowest BCUT2D eigenvalue weighted by Crippen LogP contribution is -1.93. The van der Waals surface area contributed by atoms with Crippen LogP contribution in [0.15, 0.2) is 255 Å². The Morgan fingerprint density at radius 2 is 0.576 bits per heavy atom. The van der Waals surface area contributed by atoms with Crippen molar-refractivity contribution in [3.63, 3.8) is 0 Å². The maximum absolute atomic E-state index is 2.41. The van der Waals surface area contributed by atoms with Gasteiger partial charge >= 0.3 is 0 Å². The van der Waals surface area contributed by atoms with Crippen molar-refractivity contribution in [3.05, 3.63) is 266 Å². The van der Waals surface area contributed by atoms with Crippen molar-refractivity contribution in [2.24, 2.45) is 0 Å². The highest BCUT2D eigenvalue weighted by Crippen LogP contribution is 2.47. The number of fused-ring (bicyclic) bond motifs is 4. The quantitative estimate of drug-likeness (QED) is 0.106. The van der Waals surface area contributed by atoms with Crippen LogP contribution in [-0.2, 0) is 0 Å². The molecule has 0 N–H and O–H groups in total. The molecule has 0 nitrogen and oxygen atoms in total. The lowest BCUT2D eigenvalue weighted by atomic mass is 9.83. The van der Waals surface area contributed by atoms with Crippen LogP contribution in [0.5, 0.6) is 0 Å². The number of hydrogen-bond acceptors (Lipinski definition) is 0. The van der Waals surface area contributed by atoms with E-state index in [2.05, 4.69) is 267 Å². The van der Waals surface area contributed by atoms with Crippen molar-refractivity contribution < 1.29 is 0 Å². The van der Waals surface area contributed by atoms with E-state index < -0.39 is 0 Å². The van der Waals surface area contributed by atoms with Gasteiger partial charge in [0.25, 0.3) is 0 Å². The molecule has 0 amide bonds. The predicted molar refractivity (Wildman–Crippen MR) is 284 cm³/mol. The third-order valence-electron chi connectivity index (χ3n) is 13.3. The van der Waals surface area contributed by atoms with E-state index in [1.54, 1.807) is 0 Å². The molecule has 12 aromatic carbocycles. The molecule has 0 aliphatic carbocycles. The zero-order valence-corrected chi connectivity index (χ0v) is 36.4. The summed E-state index contributed by atoms with van der Waals surface area (Å²) in [6.07, 6.45) is 4.55. The van der Waals surface area contributed by atoms with Gasteiger partial charge in [-0.25, -0.2) is 0 Å². The first-order chi connectivity index (χ1) is 32.8. The van der Waals surface area contributed by atoms with Crippen molar-refractivity contribution in [1.29, 1.82) is 0 Å². The Bertz CT molecular complexity index is 3730. The Hall–Kier alpha value is -8.58. The zero-order valence-electron chi connectivity index (χ0n) is 36.4. The molecule has 0 radical (unpaired) electrons. The molecule has 66 heavy (non-hydrogen) atoms. The van der Waals surface area contributed by atoms with Gasteiger partial charge in [-0.1, -0.05) is 255 Å².